The van der Waals surface area contributed by atoms with Gasteiger partial charge in [-0.2, -0.15) is 0 Å². The highest BCUT2D eigenvalue weighted by molar-refractivity contribution is 5.80. The van der Waals surface area contributed by atoms with E-state index < -0.39 is 24.1 Å². The number of carbonyl (C=O) groups is 3. The van der Waals surface area contributed by atoms with Gasteiger partial charge in [0.25, 0.3) is 0 Å². The van der Waals surface area contributed by atoms with Crippen LogP contribution in [0.4, 0.5) is 0 Å². The summed E-state index contributed by atoms with van der Waals surface area (Å²) >= 11 is 0. The van der Waals surface area contributed by atoms with Crippen molar-refractivity contribution in [1.29, 1.82) is 0 Å². The van der Waals surface area contributed by atoms with Crippen molar-refractivity contribution in [2.75, 3.05) is 13.2 Å². The molecule has 6 heteroatoms. The smallest absolute Gasteiger partial charge is 0.344 e. The minimum absolute atomic E-state index is 0.0159. The van der Waals surface area contributed by atoms with Gasteiger partial charge in [0, 0.05) is 0 Å². The van der Waals surface area contributed by atoms with Gasteiger partial charge in [-0.05, 0) is 82.5 Å². The van der Waals surface area contributed by atoms with Crippen LogP contribution in [-0.2, 0) is 28.6 Å². The van der Waals surface area contributed by atoms with E-state index in [9.17, 15) is 14.4 Å². The summed E-state index contributed by atoms with van der Waals surface area (Å²) in [5.74, 6) is 2.46. The first-order chi connectivity index (χ1) is 12.7. The lowest BCUT2D eigenvalue weighted by Gasteiger charge is -2.23. The number of carbonyl (C=O) groups excluding carboxylic acids is 3. The van der Waals surface area contributed by atoms with Gasteiger partial charge in [0.15, 0.2) is 6.61 Å². The molecule has 0 aromatic heterocycles. The number of hydrogen-bond acceptors (Lipinski definition) is 6. The molecule has 3 fully saturated rings. The van der Waals surface area contributed by atoms with E-state index in [4.69, 9.17) is 14.2 Å². The minimum atomic E-state index is -0.619. The van der Waals surface area contributed by atoms with Crippen molar-refractivity contribution in [2.45, 2.75) is 71.3 Å². The molecule has 4 atom stereocenters. The fraction of sp³-hybridized carbons (Fsp3) is 0.857. The van der Waals surface area contributed by atoms with Crippen LogP contribution in [0.1, 0.15) is 65.7 Å². The first-order valence-electron chi connectivity index (χ1n) is 10.2. The molecule has 27 heavy (non-hydrogen) atoms. The zero-order chi connectivity index (χ0) is 19.6. The molecular weight excluding hydrogens is 348 g/mol. The summed E-state index contributed by atoms with van der Waals surface area (Å²) in [5.41, 5.74) is -0.619. The predicted octanol–water partition coefficient (Wildman–Crippen LogP) is 3.27. The summed E-state index contributed by atoms with van der Waals surface area (Å²) in [6.45, 7) is 5.26. The van der Waals surface area contributed by atoms with Crippen LogP contribution < -0.4 is 0 Å². The number of ether oxygens (including phenoxy) is 3. The molecule has 0 aromatic rings. The van der Waals surface area contributed by atoms with Crippen molar-refractivity contribution < 1.29 is 28.6 Å². The Kier molecular flexibility index (Phi) is 6.11. The minimum Gasteiger partial charge on any atom is -0.465 e. The molecule has 3 rings (SSSR count). The molecule has 0 saturated heterocycles. The van der Waals surface area contributed by atoms with Crippen molar-refractivity contribution in [3.8, 4) is 0 Å². The first kappa shape index (κ1) is 20.2. The van der Waals surface area contributed by atoms with Crippen LogP contribution in [0.2, 0.25) is 0 Å². The van der Waals surface area contributed by atoms with Crippen LogP contribution in [0.25, 0.3) is 0 Å². The Hall–Kier alpha value is -1.59. The maximum absolute atomic E-state index is 11.9. The summed E-state index contributed by atoms with van der Waals surface area (Å²) < 4.78 is 15.3. The number of esters is 3. The van der Waals surface area contributed by atoms with E-state index in [1.54, 1.807) is 20.8 Å². The van der Waals surface area contributed by atoms with Gasteiger partial charge in [-0.25, -0.2) is 4.79 Å². The molecule has 2 bridgehead atoms. The van der Waals surface area contributed by atoms with Crippen molar-refractivity contribution in [1.82, 2.24) is 0 Å². The van der Waals surface area contributed by atoms with Gasteiger partial charge in [0.2, 0.25) is 0 Å². The largest absolute Gasteiger partial charge is 0.465 e. The van der Waals surface area contributed by atoms with Crippen LogP contribution in [0.5, 0.6) is 0 Å². The molecular formula is C21H32O6. The number of rotatable bonds is 7. The van der Waals surface area contributed by atoms with E-state index in [1.165, 1.54) is 32.1 Å². The third-order valence-electron chi connectivity index (χ3n) is 6.27. The van der Waals surface area contributed by atoms with Gasteiger partial charge in [0.1, 0.15) is 5.60 Å². The molecule has 0 amide bonds. The van der Waals surface area contributed by atoms with Crippen LogP contribution in [-0.4, -0.2) is 36.7 Å². The molecule has 0 aromatic carbocycles. The van der Waals surface area contributed by atoms with E-state index >= 15 is 0 Å². The molecule has 0 aliphatic heterocycles. The van der Waals surface area contributed by atoms with Crippen molar-refractivity contribution >= 4 is 17.9 Å². The highest BCUT2D eigenvalue weighted by Crippen LogP contribution is 2.60. The first-order valence-corrected chi connectivity index (χ1v) is 10.2. The van der Waals surface area contributed by atoms with E-state index in [2.05, 4.69) is 0 Å². The molecule has 3 aliphatic carbocycles. The summed E-state index contributed by atoms with van der Waals surface area (Å²) in [6, 6.07) is 0. The fourth-order valence-corrected chi connectivity index (χ4v) is 5.34. The maximum Gasteiger partial charge on any atom is 0.344 e. The Morgan fingerprint density at radius 1 is 0.815 bits per heavy atom. The highest BCUT2D eigenvalue weighted by Gasteiger charge is 2.51. The summed E-state index contributed by atoms with van der Waals surface area (Å²) in [6.07, 6.45) is 6.49. The molecule has 6 nitrogen and oxygen atoms in total. The van der Waals surface area contributed by atoms with Crippen LogP contribution >= 0.6 is 0 Å². The Bertz CT molecular complexity index is 560. The monoisotopic (exact) mass is 380 g/mol. The lowest BCUT2D eigenvalue weighted by molar-refractivity contribution is -0.166. The zero-order valence-electron chi connectivity index (χ0n) is 16.7. The van der Waals surface area contributed by atoms with Gasteiger partial charge in [0.05, 0.1) is 19.4 Å². The Morgan fingerprint density at radius 2 is 1.37 bits per heavy atom. The van der Waals surface area contributed by atoms with E-state index in [1.807, 2.05) is 0 Å². The van der Waals surface area contributed by atoms with E-state index in [0.29, 0.717) is 12.5 Å². The van der Waals surface area contributed by atoms with Gasteiger partial charge >= 0.3 is 17.9 Å². The maximum atomic E-state index is 11.9. The quantitative estimate of drug-likeness (QED) is 0.498. The topological polar surface area (TPSA) is 78.9 Å². The second-order valence-corrected chi connectivity index (χ2v) is 9.43. The van der Waals surface area contributed by atoms with Crippen molar-refractivity contribution in [2.24, 2.45) is 29.6 Å². The summed E-state index contributed by atoms with van der Waals surface area (Å²) in [7, 11) is 0. The lowest BCUT2D eigenvalue weighted by Crippen LogP contribution is -2.27. The highest BCUT2D eigenvalue weighted by atomic mass is 16.6. The molecule has 3 aliphatic rings. The SMILES string of the molecule is CC(C)(C)OC(=O)COC(=O)CCC(=O)OCC1CC2C3CCC(C3)C2C1. The van der Waals surface area contributed by atoms with Crippen molar-refractivity contribution in [3.63, 3.8) is 0 Å². The standard InChI is InChI=1S/C21H32O6/c1-21(2,3)27-20(24)12-26-19(23)7-6-18(22)25-11-13-8-16-14-4-5-15(10-14)17(16)9-13/h13-17H,4-12H2,1-3H3. The Morgan fingerprint density at radius 3 is 1.93 bits per heavy atom. The molecule has 152 valence electrons. The summed E-state index contributed by atoms with van der Waals surface area (Å²) in [5, 5.41) is 0. The predicted molar refractivity (Wildman–Crippen MR) is 97.5 cm³/mol. The van der Waals surface area contributed by atoms with Crippen LogP contribution in [0, 0.1) is 29.6 Å². The molecule has 0 heterocycles. The molecule has 0 N–H and O–H groups in total. The second kappa shape index (κ2) is 8.19. The fourth-order valence-electron chi connectivity index (χ4n) is 5.34. The number of hydrogen-bond donors (Lipinski definition) is 0. The van der Waals surface area contributed by atoms with Gasteiger partial charge in [-0.15, -0.1) is 0 Å². The van der Waals surface area contributed by atoms with Crippen molar-refractivity contribution in [3.05, 3.63) is 0 Å². The Labute approximate surface area is 161 Å². The molecule has 4 unspecified atom stereocenters. The third kappa shape index (κ3) is 5.45. The molecule has 0 spiro atoms. The molecule has 3 saturated carbocycles. The average molecular weight is 380 g/mol. The van der Waals surface area contributed by atoms with Gasteiger partial charge < -0.3 is 14.2 Å². The second-order valence-electron chi connectivity index (χ2n) is 9.43. The van der Waals surface area contributed by atoms with Gasteiger partial charge in [-0.3, -0.25) is 9.59 Å². The zero-order valence-corrected chi connectivity index (χ0v) is 16.7. The van der Waals surface area contributed by atoms with Gasteiger partial charge in [-0.1, -0.05) is 0 Å². The third-order valence-corrected chi connectivity index (χ3v) is 6.27. The summed E-state index contributed by atoms with van der Waals surface area (Å²) in [4.78, 5) is 35.0. The normalized spacial score (nSPS) is 31.4. The van der Waals surface area contributed by atoms with Crippen LogP contribution in [0.15, 0.2) is 0 Å². The lowest BCUT2D eigenvalue weighted by atomic mass is 9.82. The number of fused-ring (bicyclic) bond motifs is 5. The van der Waals surface area contributed by atoms with Crippen LogP contribution in [0.3, 0.4) is 0 Å². The molecule has 0 radical (unpaired) electrons. The van der Waals surface area contributed by atoms with E-state index in [0.717, 1.165) is 23.7 Å². The van der Waals surface area contributed by atoms with E-state index in [-0.39, 0.29) is 18.8 Å². The Balaban J connectivity index is 1.27. The average Bonchev–Trinajstić information content (AvgIpc) is 3.27.